The summed E-state index contributed by atoms with van der Waals surface area (Å²) in [6, 6.07) is 9.76. The second kappa shape index (κ2) is 9.37. The lowest BCUT2D eigenvalue weighted by Crippen LogP contribution is -2.39. The summed E-state index contributed by atoms with van der Waals surface area (Å²) in [4.78, 5) is 33.0. The van der Waals surface area contributed by atoms with Gasteiger partial charge in [-0.25, -0.2) is 19.6 Å². The van der Waals surface area contributed by atoms with Gasteiger partial charge in [0.15, 0.2) is 11.5 Å². The molecule has 0 unspecified atom stereocenters. The zero-order valence-corrected chi connectivity index (χ0v) is 21.5. The zero-order chi connectivity index (χ0) is 26.4. The van der Waals surface area contributed by atoms with E-state index in [-0.39, 0.29) is 11.9 Å². The molecule has 0 spiro atoms. The predicted molar refractivity (Wildman–Crippen MR) is 138 cm³/mol. The van der Waals surface area contributed by atoms with Crippen LogP contribution in [-0.2, 0) is 17.9 Å². The highest BCUT2D eigenvalue weighted by Crippen LogP contribution is 2.45. The number of anilines is 1. The quantitative estimate of drug-likeness (QED) is 0.367. The molecule has 1 atom stereocenters. The number of amides is 1. The third kappa shape index (κ3) is 3.98. The van der Waals surface area contributed by atoms with Gasteiger partial charge in [-0.2, -0.15) is 10.2 Å². The maximum Gasteiger partial charge on any atom is 0.231 e. The first-order valence-electron chi connectivity index (χ1n) is 12.8. The molecule has 4 aromatic rings. The highest BCUT2D eigenvalue weighted by atomic mass is 16.5. The first-order valence-corrected chi connectivity index (χ1v) is 12.8. The van der Waals surface area contributed by atoms with E-state index in [2.05, 4.69) is 21.0 Å². The molecular weight excluding hydrogens is 482 g/mol. The number of aromatic nitrogens is 7. The minimum atomic E-state index is -0.273. The molecule has 1 fully saturated rings. The van der Waals surface area contributed by atoms with Gasteiger partial charge in [-0.3, -0.25) is 9.69 Å². The number of imidazole rings is 1. The molecule has 1 aromatic carbocycles. The second-order valence-corrected chi connectivity index (χ2v) is 9.54. The van der Waals surface area contributed by atoms with Crippen molar-refractivity contribution in [3.05, 3.63) is 53.7 Å². The standard InChI is InChI=1S/C27H27N9O2/c1-4-34-14-20(13-28)31-25(34)19-9-5-17(6-10-19)16(2)36-21(37)11-12-35-27(36)32-24(33-35)22-23(18-7-8-18)29-15-30-26(22)38-3/h5-6,9-10,14-16,18H,4,7-8,11-12H2,1-3H3/t16-/m0/s1. The van der Waals surface area contributed by atoms with E-state index in [0.717, 1.165) is 35.5 Å². The molecule has 0 saturated heterocycles. The molecule has 11 heteroatoms. The third-order valence-electron chi connectivity index (χ3n) is 7.17. The summed E-state index contributed by atoms with van der Waals surface area (Å²) in [6.07, 6.45) is 5.73. The van der Waals surface area contributed by atoms with Crippen LogP contribution in [0.5, 0.6) is 5.88 Å². The number of carbonyl (C=O) groups excluding carboxylic acids is 1. The number of nitrogens with zero attached hydrogens (tertiary/aromatic N) is 9. The molecule has 0 bridgehead atoms. The number of aryl methyl sites for hydroxylation is 2. The minimum absolute atomic E-state index is 0.00749. The zero-order valence-electron chi connectivity index (χ0n) is 21.5. The Morgan fingerprint density at radius 2 is 1.97 bits per heavy atom. The topological polar surface area (TPSA) is 128 Å². The molecule has 11 nitrogen and oxygen atoms in total. The Morgan fingerprint density at radius 3 is 2.66 bits per heavy atom. The lowest BCUT2D eigenvalue weighted by molar-refractivity contribution is -0.120. The van der Waals surface area contributed by atoms with Crippen LogP contribution in [0.4, 0.5) is 5.95 Å². The van der Waals surface area contributed by atoms with Crippen molar-refractivity contribution in [2.75, 3.05) is 12.0 Å². The average molecular weight is 510 g/mol. The number of ether oxygens (including phenoxy) is 1. The van der Waals surface area contributed by atoms with Gasteiger partial charge in [-0.1, -0.05) is 24.3 Å². The number of rotatable bonds is 7. The summed E-state index contributed by atoms with van der Waals surface area (Å²) in [5.41, 5.74) is 3.84. The maximum atomic E-state index is 13.2. The number of hydrogen-bond donors (Lipinski definition) is 0. The van der Waals surface area contributed by atoms with Crippen LogP contribution in [-0.4, -0.2) is 47.3 Å². The number of fused-ring (bicyclic) bond motifs is 1. The predicted octanol–water partition coefficient (Wildman–Crippen LogP) is 3.87. The van der Waals surface area contributed by atoms with Gasteiger partial charge in [0.2, 0.25) is 17.7 Å². The number of benzene rings is 1. The monoisotopic (exact) mass is 509 g/mol. The number of nitriles is 1. The summed E-state index contributed by atoms with van der Waals surface area (Å²) in [7, 11) is 1.58. The molecule has 192 valence electrons. The Kier molecular flexibility index (Phi) is 5.87. The van der Waals surface area contributed by atoms with E-state index in [1.807, 2.05) is 42.7 Å². The van der Waals surface area contributed by atoms with E-state index >= 15 is 0 Å². The molecule has 1 aliphatic heterocycles. The molecule has 1 aliphatic carbocycles. The molecule has 4 heterocycles. The van der Waals surface area contributed by atoms with E-state index < -0.39 is 0 Å². The Morgan fingerprint density at radius 1 is 1.18 bits per heavy atom. The van der Waals surface area contributed by atoms with Crippen molar-refractivity contribution in [3.8, 4) is 34.7 Å². The lowest BCUT2D eigenvalue weighted by atomic mass is 10.0. The average Bonchev–Trinajstić information content (AvgIpc) is 3.57. The first-order chi connectivity index (χ1) is 18.5. The summed E-state index contributed by atoms with van der Waals surface area (Å²) in [6.45, 7) is 5.17. The van der Waals surface area contributed by atoms with Crippen molar-refractivity contribution < 1.29 is 9.53 Å². The normalized spacial score (nSPS) is 15.7. The van der Waals surface area contributed by atoms with Gasteiger partial charge >= 0.3 is 0 Å². The fourth-order valence-corrected chi connectivity index (χ4v) is 5.01. The van der Waals surface area contributed by atoms with Crippen LogP contribution in [0.15, 0.2) is 36.8 Å². The molecule has 1 saturated carbocycles. The molecule has 0 N–H and O–H groups in total. The van der Waals surface area contributed by atoms with Crippen molar-refractivity contribution in [2.45, 2.75) is 58.2 Å². The number of hydrogen-bond acceptors (Lipinski definition) is 8. The smallest absolute Gasteiger partial charge is 0.231 e. The van der Waals surface area contributed by atoms with Crippen LogP contribution in [0.25, 0.3) is 22.8 Å². The highest BCUT2D eigenvalue weighted by Gasteiger charge is 2.36. The number of methoxy groups -OCH3 is 1. The second-order valence-electron chi connectivity index (χ2n) is 9.54. The fraction of sp³-hybridized carbons (Fsp3) is 0.370. The summed E-state index contributed by atoms with van der Waals surface area (Å²) >= 11 is 0. The van der Waals surface area contributed by atoms with E-state index in [0.29, 0.717) is 54.3 Å². The molecule has 0 radical (unpaired) electrons. The Hall–Kier alpha value is -4.59. The SMILES string of the molecule is CCn1cc(C#N)nc1-c1ccc([C@H](C)N2C(=O)CCn3nc(-c4c(OC)ncnc4C4CC4)nc32)cc1. The van der Waals surface area contributed by atoms with Crippen molar-refractivity contribution in [2.24, 2.45) is 0 Å². The molecule has 6 rings (SSSR count). The molecule has 1 amide bonds. The van der Waals surface area contributed by atoms with Crippen LogP contribution in [0.1, 0.15) is 62.0 Å². The first kappa shape index (κ1) is 23.8. The Bertz CT molecular complexity index is 1560. The summed E-state index contributed by atoms with van der Waals surface area (Å²) in [5, 5.41) is 14.0. The fourth-order valence-electron chi connectivity index (χ4n) is 5.01. The molecule has 3 aromatic heterocycles. The van der Waals surface area contributed by atoms with Gasteiger partial charge in [-0.15, -0.1) is 5.10 Å². The van der Waals surface area contributed by atoms with Crippen LogP contribution in [0.2, 0.25) is 0 Å². The van der Waals surface area contributed by atoms with E-state index in [1.165, 1.54) is 6.33 Å². The summed E-state index contributed by atoms with van der Waals surface area (Å²) in [5.74, 6) is 2.50. The largest absolute Gasteiger partial charge is 0.480 e. The lowest BCUT2D eigenvalue weighted by Gasteiger charge is -2.31. The molecule has 38 heavy (non-hydrogen) atoms. The van der Waals surface area contributed by atoms with Crippen molar-refractivity contribution in [1.82, 2.24) is 34.3 Å². The van der Waals surface area contributed by atoms with Crippen molar-refractivity contribution in [3.63, 3.8) is 0 Å². The van der Waals surface area contributed by atoms with Crippen LogP contribution >= 0.6 is 0 Å². The van der Waals surface area contributed by atoms with Crippen LogP contribution in [0.3, 0.4) is 0 Å². The Labute approximate surface area is 219 Å². The minimum Gasteiger partial charge on any atom is -0.480 e. The van der Waals surface area contributed by atoms with Crippen LogP contribution in [0, 0.1) is 11.3 Å². The van der Waals surface area contributed by atoms with Gasteiger partial charge in [-0.05, 0) is 32.3 Å². The van der Waals surface area contributed by atoms with Gasteiger partial charge in [0.1, 0.15) is 23.8 Å². The van der Waals surface area contributed by atoms with Crippen molar-refractivity contribution in [1.29, 1.82) is 5.26 Å². The van der Waals surface area contributed by atoms with Gasteiger partial charge in [0.25, 0.3) is 0 Å². The highest BCUT2D eigenvalue weighted by molar-refractivity contribution is 5.94. The van der Waals surface area contributed by atoms with Gasteiger partial charge in [0, 0.05) is 30.6 Å². The van der Waals surface area contributed by atoms with Gasteiger partial charge < -0.3 is 9.30 Å². The molecular formula is C27H27N9O2. The molecule has 2 aliphatic rings. The maximum absolute atomic E-state index is 13.2. The third-order valence-corrected chi connectivity index (χ3v) is 7.17. The number of carbonyl (C=O) groups is 1. The Balaban J connectivity index is 1.34. The van der Waals surface area contributed by atoms with E-state index in [1.54, 1.807) is 22.9 Å². The van der Waals surface area contributed by atoms with E-state index in [4.69, 9.17) is 14.8 Å². The van der Waals surface area contributed by atoms with Crippen LogP contribution < -0.4 is 9.64 Å². The van der Waals surface area contributed by atoms with Gasteiger partial charge in [0.05, 0.1) is 25.4 Å². The summed E-state index contributed by atoms with van der Waals surface area (Å²) < 4.78 is 9.28. The van der Waals surface area contributed by atoms with Crippen molar-refractivity contribution >= 4 is 11.9 Å². The van der Waals surface area contributed by atoms with E-state index in [9.17, 15) is 10.1 Å².